The topological polar surface area (TPSA) is 105 Å². The molecular formula is C24H26N4O5. The highest BCUT2D eigenvalue weighted by Crippen LogP contribution is 2.37. The van der Waals surface area contributed by atoms with Gasteiger partial charge in [0.05, 0.1) is 28.6 Å². The molecule has 2 amide bonds. The third-order valence-corrected chi connectivity index (χ3v) is 5.96. The molecule has 9 heteroatoms. The molecule has 0 bridgehead atoms. The third-order valence-electron chi connectivity index (χ3n) is 5.96. The van der Waals surface area contributed by atoms with Gasteiger partial charge in [-0.1, -0.05) is 37.5 Å². The Morgan fingerprint density at radius 2 is 1.82 bits per heavy atom. The molecule has 33 heavy (non-hydrogen) atoms. The van der Waals surface area contributed by atoms with Crippen molar-refractivity contribution in [2.45, 2.75) is 39.0 Å². The Morgan fingerprint density at radius 3 is 2.48 bits per heavy atom. The highest BCUT2D eigenvalue weighted by molar-refractivity contribution is 6.14. The number of para-hydroxylation sites is 1. The van der Waals surface area contributed by atoms with Gasteiger partial charge in [0.25, 0.3) is 5.69 Å². The van der Waals surface area contributed by atoms with Crippen LogP contribution < -0.4 is 4.90 Å². The van der Waals surface area contributed by atoms with Crippen LogP contribution in [0.1, 0.15) is 44.6 Å². The van der Waals surface area contributed by atoms with Crippen LogP contribution in [0.25, 0.3) is 0 Å². The number of carbonyl (C=O) groups excluding carboxylic acids is 2. The Balaban J connectivity index is 1.83. The fourth-order valence-electron chi connectivity index (χ4n) is 4.41. The second-order valence-corrected chi connectivity index (χ2v) is 8.09. The minimum absolute atomic E-state index is 0.0724. The molecule has 0 unspecified atom stereocenters. The van der Waals surface area contributed by atoms with Gasteiger partial charge in [-0.25, -0.2) is 9.80 Å². The zero-order chi connectivity index (χ0) is 23.4. The number of ether oxygens (including phenoxy) is 1. The predicted molar refractivity (Wildman–Crippen MR) is 124 cm³/mol. The minimum Gasteiger partial charge on any atom is -0.465 e. The number of anilines is 2. The first-order valence-corrected chi connectivity index (χ1v) is 11.2. The largest absolute Gasteiger partial charge is 0.465 e. The molecule has 0 radical (unpaired) electrons. The van der Waals surface area contributed by atoms with Crippen molar-refractivity contribution in [2.75, 3.05) is 18.1 Å². The van der Waals surface area contributed by atoms with Gasteiger partial charge in [0.1, 0.15) is 6.54 Å². The molecule has 0 N–H and O–H groups in total. The third kappa shape index (κ3) is 4.72. The number of nitrogens with zero attached hydrogens (tertiary/aromatic N) is 4. The van der Waals surface area contributed by atoms with E-state index < -0.39 is 16.9 Å². The lowest BCUT2D eigenvalue weighted by Gasteiger charge is -2.26. The normalized spacial score (nSPS) is 16.6. The number of carbonyl (C=O) groups is 2. The van der Waals surface area contributed by atoms with E-state index >= 15 is 0 Å². The molecule has 4 rings (SSSR count). The number of benzene rings is 2. The van der Waals surface area contributed by atoms with E-state index in [2.05, 4.69) is 0 Å². The number of nitro groups is 1. The fraction of sp³-hybridized carbons (Fsp3) is 0.375. The summed E-state index contributed by atoms with van der Waals surface area (Å²) in [6.45, 7) is 1.59. The average Bonchev–Trinajstić information content (AvgIpc) is 2.94. The summed E-state index contributed by atoms with van der Waals surface area (Å²) in [6.07, 6.45) is 5.28. The van der Waals surface area contributed by atoms with Gasteiger partial charge in [0.15, 0.2) is 0 Å². The van der Waals surface area contributed by atoms with Crippen LogP contribution >= 0.6 is 0 Å². The Bertz CT molecular complexity index is 1080. The van der Waals surface area contributed by atoms with E-state index in [1.165, 1.54) is 35.6 Å². The average molecular weight is 450 g/mol. The molecule has 2 aromatic rings. The van der Waals surface area contributed by atoms with Crippen LogP contribution in [0.2, 0.25) is 0 Å². The van der Waals surface area contributed by atoms with Gasteiger partial charge in [0, 0.05) is 23.6 Å². The van der Waals surface area contributed by atoms with Gasteiger partial charge in [0.2, 0.25) is 0 Å². The number of amides is 2. The van der Waals surface area contributed by atoms with Gasteiger partial charge < -0.3 is 4.74 Å². The summed E-state index contributed by atoms with van der Waals surface area (Å²) >= 11 is 0. The van der Waals surface area contributed by atoms with Gasteiger partial charge >= 0.3 is 12.0 Å². The van der Waals surface area contributed by atoms with Gasteiger partial charge in [-0.3, -0.25) is 19.8 Å². The Labute approximate surface area is 191 Å². The Hall–Kier alpha value is -3.75. The van der Waals surface area contributed by atoms with Crippen molar-refractivity contribution >= 4 is 34.8 Å². The molecule has 1 saturated carbocycles. The van der Waals surface area contributed by atoms with Crippen molar-refractivity contribution in [3.8, 4) is 0 Å². The van der Waals surface area contributed by atoms with Gasteiger partial charge in [-0.05, 0) is 38.0 Å². The number of urea groups is 1. The second-order valence-electron chi connectivity index (χ2n) is 8.09. The first-order chi connectivity index (χ1) is 16.0. The smallest absolute Gasteiger partial charge is 0.350 e. The van der Waals surface area contributed by atoms with E-state index in [0.29, 0.717) is 11.4 Å². The number of hydrogen-bond acceptors (Lipinski definition) is 6. The molecule has 2 aliphatic rings. The summed E-state index contributed by atoms with van der Waals surface area (Å²) in [5, 5.41) is 17.0. The molecule has 172 valence electrons. The maximum absolute atomic E-state index is 13.7. The molecule has 2 aromatic carbocycles. The van der Waals surface area contributed by atoms with Crippen molar-refractivity contribution in [3.63, 3.8) is 0 Å². The van der Waals surface area contributed by atoms with Crippen LogP contribution in [0.5, 0.6) is 0 Å². The monoisotopic (exact) mass is 450 g/mol. The molecule has 1 heterocycles. The zero-order valence-corrected chi connectivity index (χ0v) is 18.5. The Morgan fingerprint density at radius 1 is 1.12 bits per heavy atom. The zero-order valence-electron chi connectivity index (χ0n) is 18.5. The van der Waals surface area contributed by atoms with Crippen LogP contribution in [0.3, 0.4) is 0 Å². The van der Waals surface area contributed by atoms with Crippen LogP contribution in [-0.4, -0.2) is 40.8 Å². The first kappa shape index (κ1) is 22.4. The van der Waals surface area contributed by atoms with E-state index in [1.54, 1.807) is 6.92 Å². The maximum atomic E-state index is 13.7. The maximum Gasteiger partial charge on any atom is 0.350 e. The van der Waals surface area contributed by atoms with E-state index in [1.807, 2.05) is 24.3 Å². The molecule has 1 fully saturated rings. The number of rotatable bonds is 6. The number of nitro benzene ring substituents is 1. The highest BCUT2D eigenvalue weighted by Gasteiger charge is 2.35. The van der Waals surface area contributed by atoms with Crippen molar-refractivity contribution in [2.24, 2.45) is 11.0 Å². The standard InChI is InChI=1S/C24H26N4O5/c1-2-33-22(29)16-26-24(30)27(18-12-14-19(15-13-18)28(31)32)21-11-7-6-10-20(21)23(25-26)17-8-4-3-5-9-17/h6-7,10-15,17H,2-5,8-9,16H2,1H3. The van der Waals surface area contributed by atoms with Crippen LogP contribution in [0, 0.1) is 16.0 Å². The Kier molecular flexibility index (Phi) is 6.67. The van der Waals surface area contributed by atoms with Crippen LogP contribution in [0.15, 0.2) is 53.6 Å². The lowest BCUT2D eigenvalue weighted by Crippen LogP contribution is -2.40. The summed E-state index contributed by atoms with van der Waals surface area (Å²) in [7, 11) is 0. The number of non-ortho nitro benzene ring substituents is 1. The number of hydrogen-bond donors (Lipinski definition) is 0. The SMILES string of the molecule is CCOC(=O)CN1N=C(C2CCCCC2)c2ccccc2N(c2ccc([N+](=O)[O-])cc2)C1=O. The van der Waals surface area contributed by atoms with E-state index in [4.69, 9.17) is 9.84 Å². The number of esters is 1. The van der Waals surface area contributed by atoms with Crippen LogP contribution in [0.4, 0.5) is 21.9 Å². The molecule has 0 spiro atoms. The van der Waals surface area contributed by atoms with E-state index in [9.17, 15) is 19.7 Å². The number of fused-ring (bicyclic) bond motifs is 1. The van der Waals surface area contributed by atoms with Gasteiger partial charge in [-0.2, -0.15) is 5.10 Å². The molecule has 0 atom stereocenters. The van der Waals surface area contributed by atoms with Crippen molar-refractivity contribution < 1.29 is 19.2 Å². The molecule has 0 saturated heterocycles. The second kappa shape index (κ2) is 9.81. The fourth-order valence-corrected chi connectivity index (χ4v) is 4.41. The molecule has 1 aliphatic carbocycles. The quantitative estimate of drug-likeness (QED) is 0.349. The summed E-state index contributed by atoms with van der Waals surface area (Å²) in [5.41, 5.74) is 2.62. The summed E-state index contributed by atoms with van der Waals surface area (Å²) in [5.74, 6) is -0.374. The number of hydrazone groups is 1. The summed E-state index contributed by atoms with van der Waals surface area (Å²) in [4.78, 5) is 38.1. The molecule has 9 nitrogen and oxygen atoms in total. The molecule has 0 aromatic heterocycles. The van der Waals surface area contributed by atoms with Crippen molar-refractivity contribution in [1.82, 2.24) is 5.01 Å². The van der Waals surface area contributed by atoms with Gasteiger partial charge in [-0.15, -0.1) is 0 Å². The lowest BCUT2D eigenvalue weighted by molar-refractivity contribution is -0.384. The van der Waals surface area contributed by atoms with Crippen LogP contribution in [-0.2, 0) is 9.53 Å². The lowest BCUT2D eigenvalue weighted by atomic mass is 9.83. The summed E-state index contributed by atoms with van der Waals surface area (Å²) in [6, 6.07) is 12.8. The highest BCUT2D eigenvalue weighted by atomic mass is 16.6. The molecule has 1 aliphatic heterocycles. The van der Waals surface area contributed by atoms with Crippen molar-refractivity contribution in [1.29, 1.82) is 0 Å². The van der Waals surface area contributed by atoms with E-state index in [-0.39, 0.29) is 24.8 Å². The minimum atomic E-state index is -0.549. The first-order valence-electron chi connectivity index (χ1n) is 11.2. The van der Waals surface area contributed by atoms with Crippen molar-refractivity contribution in [3.05, 3.63) is 64.2 Å². The van der Waals surface area contributed by atoms with E-state index in [0.717, 1.165) is 42.0 Å². The predicted octanol–water partition coefficient (Wildman–Crippen LogP) is 5.02. The molecular weight excluding hydrogens is 424 g/mol. The summed E-state index contributed by atoms with van der Waals surface area (Å²) < 4.78 is 5.08.